The van der Waals surface area contributed by atoms with Gasteiger partial charge in [-0.1, -0.05) is 17.7 Å². The Morgan fingerprint density at radius 3 is 2.58 bits per heavy atom. The fourth-order valence-corrected chi connectivity index (χ4v) is 5.70. The number of nitrogens with one attached hydrogen (secondary N) is 1. The van der Waals surface area contributed by atoms with Crippen LogP contribution in [0.4, 0.5) is 11.4 Å². The van der Waals surface area contributed by atoms with Gasteiger partial charge in [-0.05, 0) is 56.7 Å². The van der Waals surface area contributed by atoms with Gasteiger partial charge in [0.1, 0.15) is 22.7 Å². The molecule has 1 aromatic carbocycles. The molecule has 0 radical (unpaired) electrons. The van der Waals surface area contributed by atoms with Crippen molar-refractivity contribution in [1.82, 2.24) is 14.5 Å². The number of rotatable bonds is 5. The van der Waals surface area contributed by atoms with E-state index in [0.717, 1.165) is 43.5 Å². The van der Waals surface area contributed by atoms with Crippen molar-refractivity contribution in [3.05, 3.63) is 40.8 Å². The zero-order chi connectivity index (χ0) is 23.2. The van der Waals surface area contributed by atoms with Crippen LogP contribution in [0.25, 0.3) is 11.2 Å². The molecule has 176 valence electrons. The van der Waals surface area contributed by atoms with Crippen molar-refractivity contribution in [3.8, 4) is 0 Å². The second kappa shape index (κ2) is 8.87. The summed E-state index contributed by atoms with van der Waals surface area (Å²) >= 11 is 6.38. The summed E-state index contributed by atoms with van der Waals surface area (Å²) in [5, 5.41) is 3.55. The van der Waals surface area contributed by atoms with Crippen LogP contribution in [0.3, 0.4) is 0 Å². The Hall–Kier alpha value is -2.20. The monoisotopic (exact) mass is 490 g/mol. The highest BCUT2D eigenvalue weighted by Crippen LogP contribution is 2.36. The zero-order valence-corrected chi connectivity index (χ0v) is 20.2. The Morgan fingerprint density at radius 1 is 1.06 bits per heavy atom. The molecule has 8 nitrogen and oxygen atoms in total. The predicted octanol–water partition coefficient (Wildman–Crippen LogP) is 5.09. The van der Waals surface area contributed by atoms with Gasteiger partial charge in [0.2, 0.25) is 0 Å². The minimum Gasteiger partial charge on any atom is -0.374 e. The molecule has 10 heteroatoms. The van der Waals surface area contributed by atoms with Crippen molar-refractivity contribution < 1.29 is 17.9 Å². The standard InChI is InChI=1S/C23H27ClN4O4S/c1-14-25-22-17(13-20(24)27-23(22)28(14)21-7-3-4-10-32-21)26-16-9-8-15(18-6-5-11-31-18)12-19(16)33(2,29)30/h8-9,12-13,18,21H,3-7,10-11H2,1-2H3,(H,26,27)/t18-,21?/m1/s1. The maximum absolute atomic E-state index is 12.7. The van der Waals surface area contributed by atoms with E-state index in [0.29, 0.717) is 40.9 Å². The Bertz CT molecular complexity index is 1300. The van der Waals surface area contributed by atoms with E-state index >= 15 is 0 Å². The maximum atomic E-state index is 12.7. The zero-order valence-electron chi connectivity index (χ0n) is 18.7. The first-order chi connectivity index (χ1) is 15.8. The summed E-state index contributed by atoms with van der Waals surface area (Å²) in [5.41, 5.74) is 3.16. The van der Waals surface area contributed by atoms with Gasteiger partial charge in [-0.25, -0.2) is 18.4 Å². The van der Waals surface area contributed by atoms with Gasteiger partial charge < -0.3 is 14.8 Å². The summed E-state index contributed by atoms with van der Waals surface area (Å²) < 4.78 is 39.0. The van der Waals surface area contributed by atoms with Crippen molar-refractivity contribution >= 4 is 44.0 Å². The number of hydrogen-bond donors (Lipinski definition) is 1. The topological polar surface area (TPSA) is 95.3 Å². The van der Waals surface area contributed by atoms with E-state index in [1.807, 2.05) is 17.6 Å². The van der Waals surface area contributed by atoms with Crippen molar-refractivity contribution in [2.24, 2.45) is 0 Å². The SMILES string of the molecule is Cc1nc2c(Nc3ccc([C@H]4CCCO4)cc3S(C)(=O)=O)cc(Cl)nc2n1C1CCCCO1. The quantitative estimate of drug-likeness (QED) is 0.497. The number of fused-ring (bicyclic) bond motifs is 1. The highest BCUT2D eigenvalue weighted by atomic mass is 35.5. The molecule has 2 saturated heterocycles. The highest BCUT2D eigenvalue weighted by molar-refractivity contribution is 7.90. The molecule has 1 N–H and O–H groups in total. The molecule has 2 aliphatic rings. The summed E-state index contributed by atoms with van der Waals surface area (Å²) in [5.74, 6) is 0.770. The number of hydrogen-bond acceptors (Lipinski definition) is 7. The molecule has 33 heavy (non-hydrogen) atoms. The van der Waals surface area contributed by atoms with Crippen molar-refractivity contribution in [2.75, 3.05) is 24.8 Å². The predicted molar refractivity (Wildman–Crippen MR) is 127 cm³/mol. The van der Waals surface area contributed by atoms with E-state index in [1.54, 1.807) is 18.2 Å². The number of halogens is 1. The Balaban J connectivity index is 1.58. The molecule has 0 spiro atoms. The molecule has 2 aromatic heterocycles. The van der Waals surface area contributed by atoms with Gasteiger partial charge in [0, 0.05) is 25.5 Å². The van der Waals surface area contributed by atoms with Crippen LogP contribution in [0.2, 0.25) is 5.15 Å². The number of ether oxygens (including phenoxy) is 2. The lowest BCUT2D eigenvalue weighted by Gasteiger charge is -2.25. The summed E-state index contributed by atoms with van der Waals surface area (Å²) in [7, 11) is -3.50. The van der Waals surface area contributed by atoms with E-state index in [-0.39, 0.29) is 17.2 Å². The van der Waals surface area contributed by atoms with Gasteiger partial charge in [-0.15, -0.1) is 0 Å². The summed E-state index contributed by atoms with van der Waals surface area (Å²) in [4.78, 5) is 9.46. The van der Waals surface area contributed by atoms with Crippen molar-refractivity contribution in [1.29, 1.82) is 0 Å². The number of nitrogens with zero attached hydrogens (tertiary/aromatic N) is 3. The number of pyridine rings is 1. The van der Waals surface area contributed by atoms with Crippen LogP contribution in [0.1, 0.15) is 55.8 Å². The van der Waals surface area contributed by atoms with Crippen LogP contribution in [-0.4, -0.2) is 42.4 Å². The van der Waals surface area contributed by atoms with Gasteiger partial charge in [-0.2, -0.15) is 0 Å². The third-order valence-corrected chi connectivity index (χ3v) is 7.54. The number of imidazole rings is 1. The molecule has 4 heterocycles. The largest absolute Gasteiger partial charge is 0.374 e. The number of sulfone groups is 1. The Morgan fingerprint density at radius 2 is 1.88 bits per heavy atom. The smallest absolute Gasteiger partial charge is 0.177 e. The first-order valence-electron chi connectivity index (χ1n) is 11.2. The second-order valence-electron chi connectivity index (χ2n) is 8.67. The third-order valence-electron chi connectivity index (χ3n) is 6.21. The Kier molecular flexibility index (Phi) is 6.07. The molecule has 0 saturated carbocycles. The first-order valence-corrected chi connectivity index (χ1v) is 13.5. The fourth-order valence-electron chi connectivity index (χ4n) is 4.64. The van der Waals surface area contributed by atoms with Crippen molar-refractivity contribution in [3.63, 3.8) is 0 Å². The number of aromatic nitrogens is 3. The first kappa shape index (κ1) is 22.6. The van der Waals surface area contributed by atoms with E-state index < -0.39 is 9.84 Å². The van der Waals surface area contributed by atoms with Crippen LogP contribution in [0, 0.1) is 6.92 Å². The summed E-state index contributed by atoms with van der Waals surface area (Å²) in [6.07, 6.45) is 5.85. The third kappa shape index (κ3) is 4.47. The van der Waals surface area contributed by atoms with Crippen LogP contribution in [-0.2, 0) is 19.3 Å². The maximum Gasteiger partial charge on any atom is 0.177 e. The molecule has 5 rings (SSSR count). The van der Waals surface area contributed by atoms with Crippen LogP contribution >= 0.6 is 11.6 Å². The summed E-state index contributed by atoms with van der Waals surface area (Å²) in [6, 6.07) is 7.06. The van der Waals surface area contributed by atoms with Gasteiger partial charge in [0.15, 0.2) is 15.5 Å². The molecule has 2 fully saturated rings. The van der Waals surface area contributed by atoms with E-state index in [1.165, 1.54) is 6.26 Å². The molecular weight excluding hydrogens is 464 g/mol. The molecule has 2 atom stereocenters. The number of aryl methyl sites for hydroxylation is 1. The van der Waals surface area contributed by atoms with Crippen LogP contribution in [0.15, 0.2) is 29.2 Å². The average Bonchev–Trinajstić information content (AvgIpc) is 3.42. The van der Waals surface area contributed by atoms with Gasteiger partial charge in [0.05, 0.1) is 22.4 Å². The van der Waals surface area contributed by atoms with Crippen LogP contribution < -0.4 is 5.32 Å². The minimum absolute atomic E-state index is 0.0736. The average molecular weight is 491 g/mol. The van der Waals surface area contributed by atoms with Gasteiger partial charge in [0.25, 0.3) is 0 Å². The number of benzene rings is 1. The van der Waals surface area contributed by atoms with E-state index in [2.05, 4.69) is 10.3 Å². The lowest BCUT2D eigenvalue weighted by atomic mass is 10.1. The molecule has 1 unspecified atom stereocenters. The van der Waals surface area contributed by atoms with Gasteiger partial charge >= 0.3 is 0 Å². The molecule has 0 aliphatic carbocycles. The fraction of sp³-hybridized carbons (Fsp3) is 0.478. The summed E-state index contributed by atoms with van der Waals surface area (Å²) in [6.45, 7) is 3.30. The lowest BCUT2D eigenvalue weighted by Crippen LogP contribution is -2.19. The molecule has 0 amide bonds. The minimum atomic E-state index is -3.50. The second-order valence-corrected chi connectivity index (χ2v) is 11.0. The normalized spacial score (nSPS) is 21.5. The van der Waals surface area contributed by atoms with Gasteiger partial charge in [-0.3, -0.25) is 4.57 Å². The molecule has 0 bridgehead atoms. The molecular formula is C23H27ClN4O4S. The van der Waals surface area contributed by atoms with Crippen LogP contribution in [0.5, 0.6) is 0 Å². The number of anilines is 2. The molecule has 2 aliphatic heterocycles. The van der Waals surface area contributed by atoms with Crippen molar-refractivity contribution in [2.45, 2.75) is 56.3 Å². The van der Waals surface area contributed by atoms with E-state index in [9.17, 15) is 8.42 Å². The Labute approximate surface area is 198 Å². The lowest BCUT2D eigenvalue weighted by molar-refractivity contribution is -0.0309. The van der Waals surface area contributed by atoms with E-state index in [4.69, 9.17) is 26.1 Å². The molecule has 3 aromatic rings. The highest BCUT2D eigenvalue weighted by Gasteiger charge is 2.25.